The average Bonchev–Trinajstić information content (AvgIpc) is 2.82. The van der Waals surface area contributed by atoms with Crippen molar-refractivity contribution in [3.05, 3.63) is 0 Å². The fourth-order valence-corrected chi connectivity index (χ4v) is 3.39. The molecule has 2 aliphatic heterocycles. The zero-order valence-electron chi connectivity index (χ0n) is 13.9. The van der Waals surface area contributed by atoms with Crippen LogP contribution in [0.1, 0.15) is 6.42 Å². The van der Waals surface area contributed by atoms with Gasteiger partial charge in [0.05, 0.1) is 25.3 Å². The number of likely N-dealkylation sites (tertiary alicyclic amines) is 1. The van der Waals surface area contributed by atoms with Crippen molar-refractivity contribution in [3.63, 3.8) is 0 Å². The Balaban J connectivity index is 1.75. The van der Waals surface area contributed by atoms with Crippen LogP contribution in [0.5, 0.6) is 0 Å². The SMILES string of the molecule is CN(C)C[C@@]1(O)CCN(C(=O)CN2CCN(CCO)CC2)C1. The van der Waals surface area contributed by atoms with Gasteiger partial charge in [-0.1, -0.05) is 0 Å². The van der Waals surface area contributed by atoms with Crippen LogP contribution < -0.4 is 0 Å². The Hall–Kier alpha value is -0.730. The second-order valence-electron chi connectivity index (χ2n) is 6.87. The van der Waals surface area contributed by atoms with E-state index in [1.165, 1.54) is 0 Å². The molecule has 0 saturated carbocycles. The molecule has 22 heavy (non-hydrogen) atoms. The van der Waals surface area contributed by atoms with E-state index in [1.54, 1.807) is 4.90 Å². The van der Waals surface area contributed by atoms with Crippen molar-refractivity contribution in [2.75, 3.05) is 79.6 Å². The topological polar surface area (TPSA) is 70.5 Å². The quantitative estimate of drug-likeness (QED) is 0.598. The van der Waals surface area contributed by atoms with Crippen LogP contribution in [0.2, 0.25) is 0 Å². The molecule has 2 rings (SSSR count). The summed E-state index contributed by atoms with van der Waals surface area (Å²) in [6, 6.07) is 0. The number of carbonyl (C=O) groups is 1. The van der Waals surface area contributed by atoms with Gasteiger partial charge in [0.1, 0.15) is 0 Å². The van der Waals surface area contributed by atoms with E-state index in [9.17, 15) is 9.90 Å². The molecule has 0 aromatic carbocycles. The molecule has 128 valence electrons. The first kappa shape index (κ1) is 17.6. The van der Waals surface area contributed by atoms with Crippen molar-refractivity contribution in [2.24, 2.45) is 0 Å². The van der Waals surface area contributed by atoms with Gasteiger partial charge in [-0.15, -0.1) is 0 Å². The van der Waals surface area contributed by atoms with Crippen LogP contribution in [-0.2, 0) is 4.79 Å². The highest BCUT2D eigenvalue weighted by atomic mass is 16.3. The van der Waals surface area contributed by atoms with Gasteiger partial charge in [0, 0.05) is 45.8 Å². The Bertz CT molecular complexity index is 372. The molecule has 0 aromatic heterocycles. The first-order valence-electron chi connectivity index (χ1n) is 8.12. The lowest BCUT2D eigenvalue weighted by Crippen LogP contribution is -2.51. The summed E-state index contributed by atoms with van der Waals surface area (Å²) in [5.74, 6) is 0.116. The molecule has 0 aromatic rings. The lowest BCUT2D eigenvalue weighted by molar-refractivity contribution is -0.133. The summed E-state index contributed by atoms with van der Waals surface area (Å²) in [6.45, 7) is 6.55. The molecule has 2 aliphatic rings. The van der Waals surface area contributed by atoms with Crippen LogP contribution in [0, 0.1) is 0 Å². The van der Waals surface area contributed by atoms with Crippen LogP contribution >= 0.6 is 0 Å². The highest BCUT2D eigenvalue weighted by Gasteiger charge is 2.38. The highest BCUT2D eigenvalue weighted by molar-refractivity contribution is 5.78. The van der Waals surface area contributed by atoms with Crippen LogP contribution in [0.15, 0.2) is 0 Å². The van der Waals surface area contributed by atoms with Crippen molar-refractivity contribution in [2.45, 2.75) is 12.0 Å². The number of rotatable bonds is 6. The third-order valence-corrected chi connectivity index (χ3v) is 4.54. The minimum absolute atomic E-state index is 0.116. The maximum absolute atomic E-state index is 12.4. The number of piperazine rings is 1. The molecule has 2 heterocycles. The van der Waals surface area contributed by atoms with Crippen molar-refractivity contribution >= 4 is 5.91 Å². The Morgan fingerprint density at radius 1 is 1.14 bits per heavy atom. The van der Waals surface area contributed by atoms with Gasteiger partial charge in [0.15, 0.2) is 0 Å². The first-order chi connectivity index (χ1) is 10.4. The highest BCUT2D eigenvalue weighted by Crippen LogP contribution is 2.22. The second kappa shape index (κ2) is 7.70. The van der Waals surface area contributed by atoms with E-state index in [2.05, 4.69) is 9.80 Å². The molecule has 7 heteroatoms. The van der Waals surface area contributed by atoms with Crippen molar-refractivity contribution < 1.29 is 15.0 Å². The number of carbonyl (C=O) groups excluding carboxylic acids is 1. The van der Waals surface area contributed by atoms with Gasteiger partial charge in [-0.2, -0.15) is 0 Å². The summed E-state index contributed by atoms with van der Waals surface area (Å²) in [5.41, 5.74) is -0.765. The maximum atomic E-state index is 12.4. The Kier molecular flexibility index (Phi) is 6.17. The van der Waals surface area contributed by atoms with Crippen LogP contribution in [-0.4, -0.2) is 121 Å². The van der Waals surface area contributed by atoms with E-state index >= 15 is 0 Å². The molecule has 7 nitrogen and oxygen atoms in total. The predicted molar refractivity (Wildman–Crippen MR) is 84.7 cm³/mol. The molecule has 2 N–H and O–H groups in total. The molecule has 0 spiro atoms. The van der Waals surface area contributed by atoms with Crippen molar-refractivity contribution in [3.8, 4) is 0 Å². The van der Waals surface area contributed by atoms with Crippen LogP contribution in [0.3, 0.4) is 0 Å². The Labute approximate surface area is 133 Å². The largest absolute Gasteiger partial charge is 0.395 e. The number of likely N-dealkylation sites (N-methyl/N-ethyl adjacent to an activating group) is 1. The van der Waals surface area contributed by atoms with E-state index in [0.717, 1.165) is 26.2 Å². The minimum Gasteiger partial charge on any atom is -0.395 e. The number of hydrogen-bond acceptors (Lipinski definition) is 6. The second-order valence-corrected chi connectivity index (χ2v) is 6.87. The smallest absolute Gasteiger partial charge is 0.236 e. The maximum Gasteiger partial charge on any atom is 0.236 e. The summed E-state index contributed by atoms with van der Waals surface area (Å²) < 4.78 is 0. The van der Waals surface area contributed by atoms with Crippen LogP contribution in [0.4, 0.5) is 0 Å². The predicted octanol–water partition coefficient (Wildman–Crippen LogP) is -1.88. The number of hydrogen-bond donors (Lipinski definition) is 2. The Morgan fingerprint density at radius 3 is 2.36 bits per heavy atom. The molecule has 2 fully saturated rings. The molecule has 2 saturated heterocycles. The zero-order valence-corrected chi connectivity index (χ0v) is 13.9. The van der Waals surface area contributed by atoms with Gasteiger partial charge in [-0.3, -0.25) is 14.6 Å². The molecular weight excluding hydrogens is 284 g/mol. The average molecular weight is 314 g/mol. The molecule has 0 unspecified atom stereocenters. The number of aliphatic hydroxyl groups excluding tert-OH is 1. The van der Waals surface area contributed by atoms with E-state index in [-0.39, 0.29) is 12.5 Å². The molecule has 1 amide bonds. The van der Waals surface area contributed by atoms with E-state index < -0.39 is 5.60 Å². The normalized spacial score (nSPS) is 27.8. The summed E-state index contributed by atoms with van der Waals surface area (Å²) in [7, 11) is 3.88. The van der Waals surface area contributed by atoms with Gasteiger partial charge < -0.3 is 20.0 Å². The van der Waals surface area contributed by atoms with Gasteiger partial charge in [0.2, 0.25) is 5.91 Å². The number of amides is 1. The van der Waals surface area contributed by atoms with Gasteiger partial charge >= 0.3 is 0 Å². The third kappa shape index (κ3) is 4.89. The van der Waals surface area contributed by atoms with Crippen molar-refractivity contribution in [1.29, 1.82) is 0 Å². The van der Waals surface area contributed by atoms with E-state index in [1.807, 2.05) is 19.0 Å². The lowest BCUT2D eigenvalue weighted by Gasteiger charge is -2.34. The molecule has 0 radical (unpaired) electrons. The monoisotopic (exact) mass is 314 g/mol. The van der Waals surface area contributed by atoms with E-state index in [0.29, 0.717) is 39.1 Å². The molecule has 0 bridgehead atoms. The summed E-state index contributed by atoms with van der Waals surface area (Å²) in [5, 5.41) is 19.4. The number of nitrogens with zero attached hydrogens (tertiary/aromatic N) is 4. The number of β-amino-alcohol motifs (C(OH)–C–C–N with tert-alkyl or cyclic N) is 2. The number of aliphatic hydroxyl groups is 2. The van der Waals surface area contributed by atoms with Gasteiger partial charge in [-0.25, -0.2) is 0 Å². The first-order valence-corrected chi connectivity index (χ1v) is 8.12. The zero-order chi connectivity index (χ0) is 16.2. The van der Waals surface area contributed by atoms with Crippen molar-refractivity contribution in [1.82, 2.24) is 19.6 Å². The van der Waals surface area contributed by atoms with Gasteiger partial charge in [0.25, 0.3) is 0 Å². The molecule has 1 atom stereocenters. The molecule has 0 aliphatic carbocycles. The van der Waals surface area contributed by atoms with Crippen LogP contribution in [0.25, 0.3) is 0 Å². The van der Waals surface area contributed by atoms with E-state index in [4.69, 9.17) is 5.11 Å². The third-order valence-electron chi connectivity index (χ3n) is 4.54. The minimum atomic E-state index is -0.765. The standard InChI is InChI=1S/C15H30N4O3/c1-16(2)12-15(22)3-4-19(13-15)14(21)11-18-7-5-17(6-8-18)9-10-20/h20,22H,3-13H2,1-2H3/t15-/m0/s1. The summed E-state index contributed by atoms with van der Waals surface area (Å²) in [6.07, 6.45) is 0.654. The lowest BCUT2D eigenvalue weighted by atomic mass is 10.0. The Morgan fingerprint density at radius 2 is 1.77 bits per heavy atom. The molecular formula is C15H30N4O3. The summed E-state index contributed by atoms with van der Waals surface area (Å²) >= 11 is 0. The fourth-order valence-electron chi connectivity index (χ4n) is 3.39. The van der Waals surface area contributed by atoms with Gasteiger partial charge in [-0.05, 0) is 20.5 Å². The fraction of sp³-hybridized carbons (Fsp3) is 0.933. The summed E-state index contributed by atoms with van der Waals surface area (Å²) in [4.78, 5) is 20.5.